The molecule has 0 aromatic heterocycles. The molecule has 0 spiro atoms. The molecule has 0 amide bonds. The van der Waals surface area contributed by atoms with Gasteiger partial charge in [-0.05, 0) is 92.0 Å². The van der Waals surface area contributed by atoms with Crippen LogP contribution in [-0.2, 0) is 12.8 Å². The molecule has 2 aliphatic carbocycles. The highest BCUT2D eigenvalue weighted by Crippen LogP contribution is 2.59. The number of hydrogen-bond donors (Lipinski definition) is 0. The summed E-state index contributed by atoms with van der Waals surface area (Å²) in [5.74, 6) is -2.74. The smallest absolute Gasteiger partial charge is 0.134 e. The topological polar surface area (TPSA) is 0 Å². The van der Waals surface area contributed by atoms with Crippen LogP contribution in [0.15, 0.2) is 84.9 Å². The molecule has 0 bridgehead atoms. The van der Waals surface area contributed by atoms with E-state index in [1.165, 1.54) is 47.5 Å². The molecule has 0 radical (unpaired) electrons. The molecule has 182 valence electrons. The first kappa shape index (κ1) is 21.6. The van der Waals surface area contributed by atoms with Crippen LogP contribution in [0.3, 0.4) is 0 Å². The third-order valence-electron chi connectivity index (χ3n) is 8.18. The van der Waals surface area contributed by atoms with E-state index >= 15 is 17.6 Å². The van der Waals surface area contributed by atoms with Gasteiger partial charge in [0.05, 0.1) is 11.1 Å². The van der Waals surface area contributed by atoms with E-state index in [-0.39, 0.29) is 11.1 Å². The summed E-state index contributed by atoms with van der Waals surface area (Å²) in [4.78, 5) is 0. The van der Waals surface area contributed by atoms with E-state index < -0.39 is 23.3 Å². The molecule has 0 nitrogen and oxygen atoms in total. The van der Waals surface area contributed by atoms with Crippen molar-refractivity contribution < 1.29 is 17.6 Å². The molecular weight excluding hydrogens is 484 g/mol. The maximum Gasteiger partial charge on any atom is 0.134 e. The minimum atomic E-state index is -0.684. The third kappa shape index (κ3) is 2.65. The zero-order valence-corrected chi connectivity index (χ0v) is 20.0. The third-order valence-corrected chi connectivity index (χ3v) is 8.18. The van der Waals surface area contributed by atoms with Crippen LogP contribution in [0, 0.1) is 23.3 Å². The molecule has 0 unspecified atom stereocenters. The Labute approximate surface area is 215 Å². The van der Waals surface area contributed by atoms with Gasteiger partial charge in [-0.15, -0.1) is 0 Å². The van der Waals surface area contributed by atoms with Crippen LogP contribution in [0.4, 0.5) is 17.6 Å². The Morgan fingerprint density at radius 3 is 1.21 bits per heavy atom. The van der Waals surface area contributed by atoms with Gasteiger partial charge in [-0.25, -0.2) is 17.6 Å². The second-order valence-corrected chi connectivity index (χ2v) is 10.0. The zero-order chi connectivity index (χ0) is 25.7. The van der Waals surface area contributed by atoms with E-state index in [0.29, 0.717) is 33.0 Å². The van der Waals surface area contributed by atoms with Gasteiger partial charge < -0.3 is 0 Å². The molecule has 6 aromatic rings. The molecule has 0 N–H and O–H groups in total. The summed E-state index contributed by atoms with van der Waals surface area (Å²) < 4.78 is 61.9. The van der Waals surface area contributed by atoms with Crippen molar-refractivity contribution in [1.29, 1.82) is 0 Å². The number of fused-ring (bicyclic) bond motifs is 4. The van der Waals surface area contributed by atoms with Gasteiger partial charge in [0.2, 0.25) is 0 Å². The SMILES string of the molecule is Fc1cccc(F)c1-c1c2c(c(-c3c(F)cccc3F)c3ccccc13)-c1ccc3c4c(ccc-2c14)CC3. The van der Waals surface area contributed by atoms with Crippen molar-refractivity contribution in [2.45, 2.75) is 12.8 Å². The summed E-state index contributed by atoms with van der Waals surface area (Å²) in [5.41, 5.74) is 5.84. The van der Waals surface area contributed by atoms with Crippen molar-refractivity contribution in [2.24, 2.45) is 0 Å². The van der Waals surface area contributed by atoms with Crippen LogP contribution in [0.5, 0.6) is 0 Å². The van der Waals surface area contributed by atoms with Crippen LogP contribution in [-0.4, -0.2) is 0 Å². The number of benzene rings is 6. The molecule has 8 rings (SSSR count). The van der Waals surface area contributed by atoms with Gasteiger partial charge in [-0.3, -0.25) is 0 Å². The number of halogens is 4. The lowest BCUT2D eigenvalue weighted by molar-refractivity contribution is 0.589. The van der Waals surface area contributed by atoms with Gasteiger partial charge in [0, 0.05) is 11.1 Å². The first-order valence-electron chi connectivity index (χ1n) is 12.6. The van der Waals surface area contributed by atoms with Crippen LogP contribution < -0.4 is 0 Å². The Morgan fingerprint density at radius 1 is 0.368 bits per heavy atom. The second kappa shape index (κ2) is 7.55. The monoisotopic (exact) mass is 502 g/mol. The van der Waals surface area contributed by atoms with Gasteiger partial charge >= 0.3 is 0 Å². The minimum Gasteiger partial charge on any atom is -0.206 e. The van der Waals surface area contributed by atoms with Gasteiger partial charge in [-0.1, -0.05) is 60.7 Å². The number of rotatable bonds is 2. The summed E-state index contributed by atoms with van der Waals surface area (Å²) in [6.45, 7) is 0. The molecule has 0 atom stereocenters. The van der Waals surface area contributed by atoms with E-state index in [4.69, 9.17) is 0 Å². The van der Waals surface area contributed by atoms with Crippen molar-refractivity contribution >= 4 is 21.5 Å². The quantitative estimate of drug-likeness (QED) is 0.207. The van der Waals surface area contributed by atoms with Crippen LogP contribution in [0.25, 0.3) is 66.1 Å². The minimum absolute atomic E-state index is 0.138. The van der Waals surface area contributed by atoms with E-state index in [1.54, 1.807) is 24.3 Å². The highest BCUT2D eigenvalue weighted by atomic mass is 19.1. The average Bonchev–Trinajstić information content (AvgIpc) is 3.48. The fourth-order valence-corrected chi connectivity index (χ4v) is 6.72. The predicted octanol–water partition coefficient (Wildman–Crippen LogP) is 9.63. The molecule has 0 saturated carbocycles. The summed E-state index contributed by atoms with van der Waals surface area (Å²) in [6.07, 6.45) is 1.83. The maximum atomic E-state index is 15.5. The Hall–Kier alpha value is -4.44. The second-order valence-electron chi connectivity index (χ2n) is 10.0. The van der Waals surface area contributed by atoms with Crippen LogP contribution >= 0.6 is 0 Å². The molecule has 0 saturated heterocycles. The van der Waals surface area contributed by atoms with Gasteiger partial charge in [-0.2, -0.15) is 0 Å². The number of hydrogen-bond acceptors (Lipinski definition) is 0. The summed E-state index contributed by atoms with van der Waals surface area (Å²) in [6, 6.07) is 22.9. The molecule has 0 fully saturated rings. The normalized spacial score (nSPS) is 13.1. The lowest BCUT2D eigenvalue weighted by Gasteiger charge is -2.21. The lowest BCUT2D eigenvalue weighted by Crippen LogP contribution is -1.99. The average molecular weight is 503 g/mol. The molecule has 6 aromatic carbocycles. The van der Waals surface area contributed by atoms with E-state index in [2.05, 4.69) is 12.1 Å². The fourth-order valence-electron chi connectivity index (χ4n) is 6.72. The molecular formula is C34H18F4. The maximum absolute atomic E-state index is 15.5. The van der Waals surface area contributed by atoms with E-state index in [9.17, 15) is 0 Å². The van der Waals surface area contributed by atoms with Crippen molar-refractivity contribution in [3.05, 3.63) is 119 Å². The highest BCUT2D eigenvalue weighted by molar-refractivity contribution is 6.28. The van der Waals surface area contributed by atoms with Crippen molar-refractivity contribution in [1.82, 2.24) is 0 Å². The molecule has 4 heteroatoms. The predicted molar refractivity (Wildman–Crippen MR) is 144 cm³/mol. The largest absolute Gasteiger partial charge is 0.206 e. The molecule has 0 heterocycles. The van der Waals surface area contributed by atoms with Crippen molar-refractivity contribution in [3.63, 3.8) is 0 Å². The van der Waals surface area contributed by atoms with Gasteiger partial charge in [0.15, 0.2) is 0 Å². The van der Waals surface area contributed by atoms with Crippen LogP contribution in [0.2, 0.25) is 0 Å². The van der Waals surface area contributed by atoms with E-state index in [1.807, 2.05) is 12.1 Å². The van der Waals surface area contributed by atoms with Crippen molar-refractivity contribution in [2.75, 3.05) is 0 Å². The zero-order valence-electron chi connectivity index (χ0n) is 20.0. The fraction of sp³-hybridized carbons (Fsp3) is 0.0588. The Kier molecular flexibility index (Phi) is 4.29. The summed E-state index contributed by atoms with van der Waals surface area (Å²) in [5, 5.41) is 3.19. The summed E-state index contributed by atoms with van der Waals surface area (Å²) in [7, 11) is 0. The summed E-state index contributed by atoms with van der Waals surface area (Å²) >= 11 is 0. The Balaban J connectivity index is 1.68. The van der Waals surface area contributed by atoms with Crippen molar-refractivity contribution in [3.8, 4) is 44.5 Å². The van der Waals surface area contributed by atoms with Gasteiger partial charge in [0.1, 0.15) is 23.3 Å². The Bertz CT molecular complexity index is 1840. The Morgan fingerprint density at radius 2 is 0.789 bits per heavy atom. The van der Waals surface area contributed by atoms with E-state index in [0.717, 1.165) is 34.7 Å². The van der Waals surface area contributed by atoms with Crippen LogP contribution in [0.1, 0.15) is 11.1 Å². The first-order valence-corrected chi connectivity index (χ1v) is 12.6. The first-order chi connectivity index (χ1) is 18.5. The number of aryl methyl sites for hydroxylation is 2. The van der Waals surface area contributed by atoms with Gasteiger partial charge in [0.25, 0.3) is 0 Å². The standard InChI is InChI=1S/C34H18F4/c35-23-7-3-8-24(36)33(23)29-19-5-1-2-6-20(19)30(34-25(37)9-4-10-26(34)38)32-22-16-14-18-12-11-17-13-15-21(31(29)32)28(22)27(17)18/h1-10,13-16H,11-12H2. The molecule has 2 aliphatic rings. The molecule has 38 heavy (non-hydrogen) atoms. The molecule has 0 aliphatic heterocycles. The highest BCUT2D eigenvalue weighted by Gasteiger charge is 2.35. The lowest BCUT2D eigenvalue weighted by atomic mass is 9.82.